The van der Waals surface area contributed by atoms with E-state index < -0.39 is 0 Å². The molecule has 0 radical (unpaired) electrons. The number of hydrogen-bond acceptors (Lipinski definition) is 4. The third kappa shape index (κ3) is 5.49. The molecule has 1 fully saturated rings. The maximum Gasteiger partial charge on any atom is 0.293 e. The van der Waals surface area contributed by atoms with E-state index in [9.17, 15) is 9.59 Å². The highest BCUT2D eigenvalue weighted by molar-refractivity contribution is 14.1. The Morgan fingerprint density at radius 3 is 2.25 bits per heavy atom. The van der Waals surface area contributed by atoms with E-state index in [0.29, 0.717) is 20.7 Å². The van der Waals surface area contributed by atoms with Crippen LogP contribution in [0, 0.1) is 3.57 Å². The van der Waals surface area contributed by atoms with Crippen LogP contribution in [-0.4, -0.2) is 16.0 Å². The van der Waals surface area contributed by atoms with Gasteiger partial charge in [-0.15, -0.1) is 0 Å². The zero-order valence-corrected chi connectivity index (χ0v) is 21.0. The molecule has 0 aliphatic carbocycles. The molecule has 1 aliphatic heterocycles. The molecule has 4 rings (SSSR count). The molecule has 0 aromatic heterocycles. The van der Waals surface area contributed by atoms with Gasteiger partial charge in [0.25, 0.3) is 11.1 Å². The van der Waals surface area contributed by atoms with Crippen LogP contribution < -0.4 is 4.74 Å². The van der Waals surface area contributed by atoms with Crippen LogP contribution in [0.15, 0.2) is 71.6 Å². The first-order chi connectivity index (χ1) is 15.4. The highest BCUT2D eigenvalue weighted by atomic mass is 127. The first-order valence-corrected chi connectivity index (χ1v) is 12.2. The molecule has 0 spiro atoms. The summed E-state index contributed by atoms with van der Waals surface area (Å²) in [6.07, 6.45) is 1.72. The number of imide groups is 1. The lowest BCUT2D eigenvalue weighted by molar-refractivity contribution is -0.123. The number of carbonyl (C=O) groups is 2. The van der Waals surface area contributed by atoms with Gasteiger partial charge in [0.15, 0.2) is 0 Å². The molecule has 8 heteroatoms. The van der Waals surface area contributed by atoms with Gasteiger partial charge in [-0.2, -0.15) is 0 Å². The molecule has 1 saturated heterocycles. The first-order valence-electron chi connectivity index (χ1n) is 9.56. The number of benzene rings is 3. The van der Waals surface area contributed by atoms with Gasteiger partial charge in [-0.3, -0.25) is 14.5 Å². The molecule has 0 saturated carbocycles. The molecule has 0 unspecified atom stereocenters. The number of ether oxygens (including phenoxy) is 1. The second-order valence-corrected chi connectivity index (χ2v) is 10.0. The van der Waals surface area contributed by atoms with E-state index in [0.717, 1.165) is 32.0 Å². The largest absolute Gasteiger partial charge is 0.489 e. The van der Waals surface area contributed by atoms with E-state index in [2.05, 4.69) is 22.6 Å². The summed E-state index contributed by atoms with van der Waals surface area (Å²) in [6.45, 7) is 0.506. The fourth-order valence-corrected chi connectivity index (χ4v) is 4.75. The number of nitrogens with zero attached hydrogens (tertiary/aromatic N) is 1. The van der Waals surface area contributed by atoms with Crippen LogP contribution in [0.4, 0.5) is 4.79 Å². The third-order valence-electron chi connectivity index (χ3n) is 4.75. The van der Waals surface area contributed by atoms with Crippen molar-refractivity contribution in [3.8, 4) is 5.75 Å². The Balaban J connectivity index is 1.42. The summed E-state index contributed by atoms with van der Waals surface area (Å²) < 4.78 is 6.88. The first kappa shape index (κ1) is 23.2. The molecule has 0 bridgehead atoms. The summed E-state index contributed by atoms with van der Waals surface area (Å²) in [5.41, 5.74) is 2.43. The number of halogens is 3. The Labute approximate surface area is 213 Å². The van der Waals surface area contributed by atoms with Gasteiger partial charge >= 0.3 is 0 Å². The smallest absolute Gasteiger partial charge is 0.293 e. The SMILES string of the molecule is O=C1S/C(=C\c2ccc(OCc3c(Cl)cccc3Cl)cc2)C(=O)N1Cc1ccc(I)cc1. The molecule has 3 aromatic rings. The summed E-state index contributed by atoms with van der Waals surface area (Å²) in [5, 5.41) is 0.835. The van der Waals surface area contributed by atoms with Crippen molar-refractivity contribution in [1.82, 2.24) is 4.90 Å². The minimum absolute atomic E-state index is 0.245. The van der Waals surface area contributed by atoms with Gasteiger partial charge in [0, 0.05) is 19.2 Å². The van der Waals surface area contributed by atoms with Gasteiger partial charge in [0.1, 0.15) is 12.4 Å². The Morgan fingerprint density at radius 1 is 0.938 bits per heavy atom. The van der Waals surface area contributed by atoms with Gasteiger partial charge in [0.05, 0.1) is 11.4 Å². The average molecular weight is 596 g/mol. The summed E-state index contributed by atoms with van der Waals surface area (Å²) in [6, 6.07) is 20.3. The normalized spacial score (nSPS) is 15.0. The minimum atomic E-state index is -0.285. The van der Waals surface area contributed by atoms with Crippen molar-refractivity contribution in [3.63, 3.8) is 0 Å². The van der Waals surface area contributed by atoms with Gasteiger partial charge < -0.3 is 4.74 Å². The van der Waals surface area contributed by atoms with Crippen LogP contribution in [-0.2, 0) is 17.9 Å². The van der Waals surface area contributed by atoms with E-state index in [-0.39, 0.29) is 24.3 Å². The molecule has 162 valence electrons. The lowest BCUT2D eigenvalue weighted by atomic mass is 10.2. The van der Waals surface area contributed by atoms with E-state index in [1.807, 2.05) is 36.4 Å². The van der Waals surface area contributed by atoms with E-state index in [4.69, 9.17) is 27.9 Å². The summed E-state index contributed by atoms with van der Waals surface area (Å²) in [4.78, 5) is 26.8. The van der Waals surface area contributed by atoms with Crippen molar-refractivity contribution in [2.45, 2.75) is 13.2 Å². The van der Waals surface area contributed by atoms with Crippen molar-refractivity contribution in [2.24, 2.45) is 0 Å². The summed E-state index contributed by atoms with van der Waals surface area (Å²) >= 11 is 15.5. The molecule has 1 heterocycles. The number of rotatable bonds is 6. The predicted octanol–water partition coefficient (Wildman–Crippen LogP) is 7.41. The van der Waals surface area contributed by atoms with Crippen LogP contribution in [0.2, 0.25) is 10.0 Å². The topological polar surface area (TPSA) is 46.6 Å². The molecule has 4 nitrogen and oxygen atoms in total. The Morgan fingerprint density at radius 2 is 1.59 bits per heavy atom. The van der Waals surface area contributed by atoms with Crippen LogP contribution in [0.25, 0.3) is 6.08 Å². The predicted molar refractivity (Wildman–Crippen MR) is 138 cm³/mol. The maximum absolute atomic E-state index is 12.7. The summed E-state index contributed by atoms with van der Waals surface area (Å²) in [5.74, 6) is 0.359. The van der Waals surface area contributed by atoms with E-state index in [1.165, 1.54) is 4.90 Å². The minimum Gasteiger partial charge on any atom is -0.489 e. The van der Waals surface area contributed by atoms with Gasteiger partial charge in [-0.1, -0.05) is 53.5 Å². The number of hydrogen-bond donors (Lipinski definition) is 0. The maximum atomic E-state index is 12.7. The Kier molecular flexibility index (Phi) is 7.45. The molecular formula is C24H16Cl2INO3S. The third-order valence-corrected chi connectivity index (χ3v) is 7.09. The van der Waals surface area contributed by atoms with Crippen molar-refractivity contribution < 1.29 is 14.3 Å². The zero-order chi connectivity index (χ0) is 22.7. The number of amides is 2. The fourth-order valence-electron chi connectivity index (χ4n) is 3.05. The lowest BCUT2D eigenvalue weighted by Gasteiger charge is -2.12. The molecule has 1 aliphatic rings. The van der Waals surface area contributed by atoms with Crippen molar-refractivity contribution in [3.05, 3.63) is 102 Å². The highest BCUT2D eigenvalue weighted by Gasteiger charge is 2.34. The zero-order valence-electron chi connectivity index (χ0n) is 16.6. The molecule has 3 aromatic carbocycles. The molecular weight excluding hydrogens is 580 g/mol. The monoisotopic (exact) mass is 595 g/mol. The number of carbonyl (C=O) groups excluding carboxylic acids is 2. The molecule has 32 heavy (non-hydrogen) atoms. The standard InChI is InChI=1S/C24H16Cl2INO3S/c25-20-2-1-3-21(26)19(20)14-31-18-10-6-15(7-11-18)12-22-23(29)28(24(30)32-22)13-16-4-8-17(27)9-5-16/h1-12H,13-14H2/b22-12-. The Hall–Kier alpha value is -2.00. The average Bonchev–Trinajstić information content (AvgIpc) is 3.03. The van der Waals surface area contributed by atoms with Crippen molar-refractivity contribution >= 4 is 74.8 Å². The Bertz CT molecular complexity index is 1180. The second kappa shape index (κ2) is 10.3. The molecule has 0 atom stereocenters. The molecule has 0 N–H and O–H groups in total. The van der Waals surface area contributed by atoms with Crippen LogP contribution in [0.3, 0.4) is 0 Å². The van der Waals surface area contributed by atoms with E-state index >= 15 is 0 Å². The van der Waals surface area contributed by atoms with Crippen LogP contribution in [0.5, 0.6) is 5.75 Å². The lowest BCUT2D eigenvalue weighted by Crippen LogP contribution is -2.27. The van der Waals surface area contributed by atoms with Gasteiger partial charge in [-0.05, 0) is 88.0 Å². The fraction of sp³-hybridized carbons (Fsp3) is 0.0833. The van der Waals surface area contributed by atoms with E-state index in [1.54, 1.807) is 36.4 Å². The number of thioether (sulfide) groups is 1. The highest BCUT2D eigenvalue weighted by Crippen LogP contribution is 2.33. The summed E-state index contributed by atoms with van der Waals surface area (Å²) in [7, 11) is 0. The van der Waals surface area contributed by atoms with Crippen LogP contribution >= 0.6 is 57.6 Å². The molecule has 2 amide bonds. The van der Waals surface area contributed by atoms with Crippen LogP contribution in [0.1, 0.15) is 16.7 Å². The van der Waals surface area contributed by atoms with Crippen molar-refractivity contribution in [2.75, 3.05) is 0 Å². The van der Waals surface area contributed by atoms with Gasteiger partial charge in [0.2, 0.25) is 0 Å². The quantitative estimate of drug-likeness (QED) is 0.220. The van der Waals surface area contributed by atoms with Gasteiger partial charge in [-0.25, -0.2) is 0 Å². The van der Waals surface area contributed by atoms with Crippen molar-refractivity contribution in [1.29, 1.82) is 0 Å². The second-order valence-electron chi connectivity index (χ2n) is 6.95.